The van der Waals surface area contributed by atoms with Crippen molar-refractivity contribution in [2.24, 2.45) is 23.2 Å². The third-order valence-corrected chi connectivity index (χ3v) is 5.98. The maximum absolute atomic E-state index is 12.3. The van der Waals surface area contributed by atoms with Gasteiger partial charge in [0.05, 0.1) is 6.10 Å². The molecule has 1 N–H and O–H groups in total. The van der Waals surface area contributed by atoms with Crippen LogP contribution >= 0.6 is 0 Å². The number of rotatable bonds is 4. The molecule has 3 unspecified atom stereocenters. The normalized spacial score (nSPS) is 33.0. The zero-order valence-corrected chi connectivity index (χ0v) is 14.6. The Hall–Kier alpha value is -1.10. The summed E-state index contributed by atoms with van der Waals surface area (Å²) in [5.74, 6) is 2.05. The third kappa shape index (κ3) is 3.54. The molecule has 3 atom stereocenters. The van der Waals surface area contributed by atoms with Crippen molar-refractivity contribution in [1.82, 2.24) is 10.2 Å². The van der Waals surface area contributed by atoms with Gasteiger partial charge in [-0.05, 0) is 30.6 Å². The van der Waals surface area contributed by atoms with E-state index in [1.165, 1.54) is 12.8 Å². The van der Waals surface area contributed by atoms with Gasteiger partial charge in [-0.3, -0.25) is 9.59 Å². The number of carbonyl (C=O) groups excluding carboxylic acids is 2. The Balaban J connectivity index is 1.46. The van der Waals surface area contributed by atoms with Gasteiger partial charge in [0.25, 0.3) is 0 Å². The monoisotopic (exact) mass is 322 g/mol. The van der Waals surface area contributed by atoms with Crippen LogP contribution in [0, 0.1) is 23.2 Å². The summed E-state index contributed by atoms with van der Waals surface area (Å²) in [6.45, 7) is 9.08. The summed E-state index contributed by atoms with van der Waals surface area (Å²) in [5, 5.41) is 2.87. The molecule has 0 radical (unpaired) electrons. The van der Waals surface area contributed by atoms with Gasteiger partial charge >= 0.3 is 0 Å². The molecule has 3 rings (SSSR count). The molecular formula is C18H30N2O3. The Morgan fingerprint density at radius 3 is 2.74 bits per heavy atom. The Kier molecular flexibility index (Phi) is 4.68. The maximum Gasteiger partial charge on any atom is 0.248 e. The summed E-state index contributed by atoms with van der Waals surface area (Å²) in [4.78, 5) is 25.5. The highest BCUT2D eigenvalue weighted by Gasteiger charge is 2.49. The van der Waals surface area contributed by atoms with Crippen LogP contribution in [0.15, 0.2) is 0 Å². The zero-order chi connectivity index (χ0) is 16.6. The molecule has 1 saturated carbocycles. The van der Waals surface area contributed by atoms with Crippen molar-refractivity contribution < 1.29 is 14.3 Å². The van der Waals surface area contributed by atoms with Crippen molar-refractivity contribution in [2.75, 3.05) is 26.2 Å². The molecule has 2 aliphatic heterocycles. The van der Waals surface area contributed by atoms with E-state index in [1.807, 2.05) is 4.90 Å². The van der Waals surface area contributed by atoms with E-state index in [1.54, 1.807) is 0 Å². The van der Waals surface area contributed by atoms with Crippen LogP contribution in [0.3, 0.4) is 0 Å². The van der Waals surface area contributed by atoms with Crippen LogP contribution in [0.25, 0.3) is 0 Å². The molecule has 2 heterocycles. The summed E-state index contributed by atoms with van der Waals surface area (Å²) < 4.78 is 6.04. The minimum atomic E-state index is 0.00651. The first-order valence-electron chi connectivity index (χ1n) is 9.05. The lowest BCUT2D eigenvalue weighted by molar-refractivity contribution is -0.153. The molecule has 1 aliphatic carbocycles. The largest absolute Gasteiger partial charge is 0.368 e. The second-order valence-corrected chi connectivity index (χ2v) is 8.38. The van der Waals surface area contributed by atoms with Crippen molar-refractivity contribution >= 4 is 11.8 Å². The third-order valence-electron chi connectivity index (χ3n) is 5.98. The van der Waals surface area contributed by atoms with E-state index in [0.717, 1.165) is 6.42 Å². The molecule has 0 aromatic heterocycles. The number of nitrogens with one attached hydrogen (secondary N) is 1. The minimum absolute atomic E-state index is 0.00651. The van der Waals surface area contributed by atoms with E-state index in [-0.39, 0.29) is 29.9 Å². The molecule has 3 aliphatic rings. The van der Waals surface area contributed by atoms with E-state index in [0.29, 0.717) is 43.8 Å². The van der Waals surface area contributed by atoms with Gasteiger partial charge in [-0.1, -0.05) is 27.2 Å². The van der Waals surface area contributed by atoms with E-state index in [9.17, 15) is 9.59 Å². The molecule has 5 heteroatoms. The number of hydrogen-bond acceptors (Lipinski definition) is 3. The summed E-state index contributed by atoms with van der Waals surface area (Å²) in [6, 6.07) is 0. The fourth-order valence-electron chi connectivity index (χ4n) is 4.49. The number of carbonyl (C=O) groups is 2. The van der Waals surface area contributed by atoms with Crippen LogP contribution in [0.1, 0.15) is 46.5 Å². The standard InChI is InChI=1S/C18H30N2O3/c1-12(2)14-5-4-13(3)6-15(14)23-8-17(22)20-10-18(11-20)7-16(21)19-9-18/h12-15H,4-11H2,1-3H3,(H,19,21). The van der Waals surface area contributed by atoms with Crippen molar-refractivity contribution in [3.63, 3.8) is 0 Å². The average Bonchev–Trinajstić information content (AvgIpc) is 2.85. The lowest BCUT2D eigenvalue weighted by Crippen LogP contribution is -2.60. The smallest absolute Gasteiger partial charge is 0.248 e. The Morgan fingerprint density at radius 2 is 2.13 bits per heavy atom. The highest BCUT2D eigenvalue weighted by Crippen LogP contribution is 2.37. The van der Waals surface area contributed by atoms with Gasteiger partial charge < -0.3 is 15.0 Å². The molecular weight excluding hydrogens is 292 g/mol. The van der Waals surface area contributed by atoms with Crippen molar-refractivity contribution in [1.29, 1.82) is 0 Å². The molecule has 5 nitrogen and oxygen atoms in total. The summed E-state index contributed by atoms with van der Waals surface area (Å²) in [6.07, 6.45) is 4.32. The number of nitrogens with zero attached hydrogens (tertiary/aromatic N) is 1. The van der Waals surface area contributed by atoms with E-state index in [2.05, 4.69) is 26.1 Å². The molecule has 0 bridgehead atoms. The lowest BCUT2D eigenvalue weighted by Gasteiger charge is -2.47. The molecule has 2 saturated heterocycles. The molecule has 2 amide bonds. The lowest BCUT2D eigenvalue weighted by atomic mass is 9.75. The predicted octanol–water partition coefficient (Wildman–Crippen LogP) is 1.81. The number of likely N-dealkylation sites (tertiary alicyclic amines) is 1. The van der Waals surface area contributed by atoms with Crippen LogP contribution in [0.4, 0.5) is 0 Å². The highest BCUT2D eigenvalue weighted by atomic mass is 16.5. The quantitative estimate of drug-likeness (QED) is 0.859. The number of hydrogen-bond donors (Lipinski definition) is 1. The van der Waals surface area contributed by atoms with Gasteiger partial charge in [-0.25, -0.2) is 0 Å². The Labute approximate surface area is 139 Å². The second kappa shape index (κ2) is 6.42. The topological polar surface area (TPSA) is 58.6 Å². The number of amides is 2. The first kappa shape index (κ1) is 16.7. The van der Waals surface area contributed by atoms with Crippen LogP contribution in [0.5, 0.6) is 0 Å². The van der Waals surface area contributed by atoms with Gasteiger partial charge in [-0.15, -0.1) is 0 Å². The van der Waals surface area contributed by atoms with Gasteiger partial charge in [0.15, 0.2) is 0 Å². The van der Waals surface area contributed by atoms with Gasteiger partial charge in [0, 0.05) is 31.5 Å². The van der Waals surface area contributed by atoms with Crippen LogP contribution in [-0.4, -0.2) is 49.1 Å². The van der Waals surface area contributed by atoms with Gasteiger partial charge in [0.2, 0.25) is 11.8 Å². The molecule has 0 aromatic carbocycles. The fourth-order valence-corrected chi connectivity index (χ4v) is 4.49. The molecule has 1 spiro atoms. The van der Waals surface area contributed by atoms with Crippen molar-refractivity contribution in [3.8, 4) is 0 Å². The molecule has 0 aromatic rings. The minimum Gasteiger partial charge on any atom is -0.368 e. The maximum atomic E-state index is 12.3. The van der Waals surface area contributed by atoms with Gasteiger partial charge in [-0.2, -0.15) is 0 Å². The molecule has 130 valence electrons. The van der Waals surface area contributed by atoms with E-state index in [4.69, 9.17) is 4.74 Å². The molecule has 23 heavy (non-hydrogen) atoms. The predicted molar refractivity (Wildman–Crippen MR) is 87.7 cm³/mol. The Morgan fingerprint density at radius 1 is 1.39 bits per heavy atom. The van der Waals surface area contributed by atoms with Crippen molar-refractivity contribution in [2.45, 2.75) is 52.6 Å². The fraction of sp³-hybridized carbons (Fsp3) is 0.889. The first-order chi connectivity index (χ1) is 10.9. The first-order valence-corrected chi connectivity index (χ1v) is 9.05. The zero-order valence-electron chi connectivity index (χ0n) is 14.6. The average molecular weight is 322 g/mol. The summed E-state index contributed by atoms with van der Waals surface area (Å²) in [7, 11) is 0. The second-order valence-electron chi connectivity index (χ2n) is 8.38. The Bertz CT molecular complexity index is 471. The van der Waals surface area contributed by atoms with Crippen LogP contribution < -0.4 is 5.32 Å². The molecule has 3 fully saturated rings. The summed E-state index contributed by atoms with van der Waals surface area (Å²) >= 11 is 0. The van der Waals surface area contributed by atoms with Crippen LogP contribution in [0.2, 0.25) is 0 Å². The highest BCUT2D eigenvalue weighted by molar-refractivity contribution is 5.82. The number of ether oxygens (including phenoxy) is 1. The SMILES string of the molecule is CC1CCC(C(C)C)C(OCC(=O)N2CC3(CNC(=O)C3)C2)C1. The van der Waals surface area contributed by atoms with Crippen molar-refractivity contribution in [3.05, 3.63) is 0 Å². The summed E-state index contributed by atoms with van der Waals surface area (Å²) in [5.41, 5.74) is 0.00651. The van der Waals surface area contributed by atoms with E-state index >= 15 is 0 Å². The van der Waals surface area contributed by atoms with E-state index < -0.39 is 0 Å². The van der Waals surface area contributed by atoms with Gasteiger partial charge in [0.1, 0.15) is 6.61 Å². The van der Waals surface area contributed by atoms with Crippen LogP contribution in [-0.2, 0) is 14.3 Å².